The lowest BCUT2D eigenvalue weighted by molar-refractivity contribution is 0.138. The van der Waals surface area contributed by atoms with Crippen LogP contribution in [-0.4, -0.2) is 48.3 Å². The average Bonchev–Trinajstić information content (AvgIpc) is 2.94. The molecule has 0 spiro atoms. The third-order valence-electron chi connectivity index (χ3n) is 4.85. The first-order valence-corrected chi connectivity index (χ1v) is 8.96. The van der Waals surface area contributed by atoms with Gasteiger partial charge in [0.1, 0.15) is 6.10 Å². The van der Waals surface area contributed by atoms with Crippen LogP contribution in [0, 0.1) is 0 Å². The van der Waals surface area contributed by atoms with E-state index in [2.05, 4.69) is 10.3 Å². The molecule has 1 saturated carbocycles. The van der Waals surface area contributed by atoms with Gasteiger partial charge in [0, 0.05) is 37.5 Å². The average molecular weight is 333 g/mol. The maximum absolute atomic E-state index is 12.5. The van der Waals surface area contributed by atoms with Crippen LogP contribution < -0.4 is 10.1 Å². The first-order valence-electron chi connectivity index (χ1n) is 8.96. The molecule has 0 bridgehead atoms. The standard InChI is InChI=1S/C18H27N3O3/c1-21(15-6-4-2-3-5-7-15)18(22)20-14-8-10-19-17(12-14)24-16-9-11-23-13-16/h8,10,12,15-16H,2-7,9,11,13H2,1H3,(H,19,20,22). The highest BCUT2D eigenvalue weighted by Crippen LogP contribution is 2.22. The molecule has 0 aromatic carbocycles. The van der Waals surface area contributed by atoms with Crippen molar-refractivity contribution in [2.45, 2.75) is 57.1 Å². The van der Waals surface area contributed by atoms with Crippen molar-refractivity contribution in [3.8, 4) is 5.88 Å². The summed E-state index contributed by atoms with van der Waals surface area (Å²) in [6.45, 7) is 1.33. The maximum atomic E-state index is 12.5. The van der Waals surface area contributed by atoms with Crippen LogP contribution in [0.2, 0.25) is 0 Å². The molecule has 2 fully saturated rings. The van der Waals surface area contributed by atoms with Gasteiger partial charge in [-0.2, -0.15) is 0 Å². The van der Waals surface area contributed by atoms with Gasteiger partial charge >= 0.3 is 6.03 Å². The lowest BCUT2D eigenvalue weighted by atomic mass is 10.1. The molecule has 6 nitrogen and oxygen atoms in total. The number of anilines is 1. The third kappa shape index (κ3) is 4.60. The van der Waals surface area contributed by atoms with E-state index in [0.29, 0.717) is 24.2 Å². The molecular weight excluding hydrogens is 306 g/mol. The Morgan fingerprint density at radius 2 is 2.08 bits per heavy atom. The molecule has 2 amide bonds. The van der Waals surface area contributed by atoms with Crippen molar-refractivity contribution < 1.29 is 14.3 Å². The molecule has 1 unspecified atom stereocenters. The topological polar surface area (TPSA) is 63.7 Å². The Morgan fingerprint density at radius 1 is 1.29 bits per heavy atom. The number of aromatic nitrogens is 1. The number of pyridine rings is 1. The van der Waals surface area contributed by atoms with Gasteiger partial charge in [-0.1, -0.05) is 25.7 Å². The number of nitrogens with zero attached hydrogens (tertiary/aromatic N) is 2. The van der Waals surface area contributed by atoms with Gasteiger partial charge in [0.05, 0.1) is 13.2 Å². The fourth-order valence-electron chi connectivity index (χ4n) is 3.35. The van der Waals surface area contributed by atoms with E-state index in [-0.39, 0.29) is 12.1 Å². The summed E-state index contributed by atoms with van der Waals surface area (Å²) in [6.07, 6.45) is 9.75. The molecule has 1 aromatic rings. The van der Waals surface area contributed by atoms with E-state index >= 15 is 0 Å². The van der Waals surface area contributed by atoms with E-state index in [1.165, 1.54) is 25.7 Å². The predicted octanol–water partition coefficient (Wildman–Crippen LogP) is 3.44. The number of amides is 2. The van der Waals surface area contributed by atoms with Crippen molar-refractivity contribution in [3.05, 3.63) is 18.3 Å². The second kappa shape index (κ2) is 8.33. The smallest absolute Gasteiger partial charge is 0.321 e. The fraction of sp³-hybridized carbons (Fsp3) is 0.667. The molecule has 24 heavy (non-hydrogen) atoms. The second-order valence-corrected chi connectivity index (χ2v) is 6.67. The SMILES string of the molecule is CN(C(=O)Nc1ccnc(OC2CCOC2)c1)C1CCCCCC1. The number of carbonyl (C=O) groups excluding carboxylic acids is 1. The zero-order chi connectivity index (χ0) is 16.8. The predicted molar refractivity (Wildman–Crippen MR) is 92.4 cm³/mol. The molecule has 3 rings (SSSR count). The maximum Gasteiger partial charge on any atom is 0.321 e. The number of hydrogen-bond acceptors (Lipinski definition) is 4. The van der Waals surface area contributed by atoms with E-state index in [4.69, 9.17) is 9.47 Å². The van der Waals surface area contributed by atoms with E-state index in [0.717, 1.165) is 25.9 Å². The zero-order valence-corrected chi connectivity index (χ0v) is 14.4. The number of rotatable bonds is 4. The molecule has 1 aliphatic carbocycles. The lowest BCUT2D eigenvalue weighted by Crippen LogP contribution is -2.39. The Labute approximate surface area is 143 Å². The summed E-state index contributed by atoms with van der Waals surface area (Å²) in [5.74, 6) is 0.528. The molecule has 1 aromatic heterocycles. The zero-order valence-electron chi connectivity index (χ0n) is 14.4. The monoisotopic (exact) mass is 333 g/mol. The summed E-state index contributed by atoms with van der Waals surface area (Å²) < 4.78 is 11.1. The molecule has 1 N–H and O–H groups in total. The number of carbonyl (C=O) groups is 1. The number of urea groups is 1. The quantitative estimate of drug-likeness (QED) is 0.857. The molecular formula is C18H27N3O3. The van der Waals surface area contributed by atoms with Crippen LogP contribution in [0.5, 0.6) is 5.88 Å². The normalized spacial score (nSPS) is 22.0. The van der Waals surface area contributed by atoms with Gasteiger partial charge < -0.3 is 19.7 Å². The summed E-state index contributed by atoms with van der Waals surface area (Å²) >= 11 is 0. The van der Waals surface area contributed by atoms with Gasteiger partial charge in [0.15, 0.2) is 0 Å². The minimum Gasteiger partial charge on any atom is -0.472 e. The van der Waals surface area contributed by atoms with Gasteiger partial charge in [-0.3, -0.25) is 0 Å². The van der Waals surface area contributed by atoms with Gasteiger partial charge in [0.2, 0.25) is 5.88 Å². The highest BCUT2D eigenvalue weighted by atomic mass is 16.5. The highest BCUT2D eigenvalue weighted by molar-refractivity contribution is 5.89. The molecule has 0 radical (unpaired) electrons. The molecule has 1 saturated heterocycles. The summed E-state index contributed by atoms with van der Waals surface area (Å²) in [6, 6.07) is 3.83. The molecule has 2 aliphatic rings. The van der Waals surface area contributed by atoms with Crippen LogP contribution in [0.4, 0.5) is 10.5 Å². The lowest BCUT2D eigenvalue weighted by Gasteiger charge is -2.27. The van der Waals surface area contributed by atoms with Crippen molar-refractivity contribution in [2.24, 2.45) is 0 Å². The Balaban J connectivity index is 1.56. The number of hydrogen-bond donors (Lipinski definition) is 1. The summed E-state index contributed by atoms with van der Waals surface area (Å²) in [7, 11) is 1.89. The van der Waals surface area contributed by atoms with Crippen LogP contribution >= 0.6 is 0 Å². The highest BCUT2D eigenvalue weighted by Gasteiger charge is 2.22. The van der Waals surface area contributed by atoms with Gasteiger partial charge in [-0.05, 0) is 18.9 Å². The van der Waals surface area contributed by atoms with Crippen molar-refractivity contribution in [1.82, 2.24) is 9.88 Å². The van der Waals surface area contributed by atoms with Gasteiger partial charge in [0.25, 0.3) is 0 Å². The van der Waals surface area contributed by atoms with Crippen molar-refractivity contribution in [3.63, 3.8) is 0 Å². The van der Waals surface area contributed by atoms with Crippen LogP contribution in [0.3, 0.4) is 0 Å². The van der Waals surface area contributed by atoms with E-state index < -0.39 is 0 Å². The fourth-order valence-corrected chi connectivity index (χ4v) is 3.35. The van der Waals surface area contributed by atoms with E-state index in [9.17, 15) is 4.79 Å². The number of ether oxygens (including phenoxy) is 2. The van der Waals surface area contributed by atoms with Crippen LogP contribution in [0.25, 0.3) is 0 Å². The van der Waals surface area contributed by atoms with Crippen molar-refractivity contribution in [2.75, 3.05) is 25.6 Å². The first kappa shape index (κ1) is 17.0. The van der Waals surface area contributed by atoms with Gasteiger partial charge in [-0.15, -0.1) is 0 Å². The van der Waals surface area contributed by atoms with Crippen LogP contribution in [-0.2, 0) is 4.74 Å². The Morgan fingerprint density at radius 3 is 2.79 bits per heavy atom. The van der Waals surface area contributed by atoms with Crippen molar-refractivity contribution >= 4 is 11.7 Å². The minimum atomic E-state index is -0.0664. The van der Waals surface area contributed by atoms with E-state index in [1.54, 1.807) is 18.3 Å². The third-order valence-corrected chi connectivity index (χ3v) is 4.85. The van der Waals surface area contributed by atoms with E-state index in [1.807, 2.05) is 11.9 Å². The second-order valence-electron chi connectivity index (χ2n) is 6.67. The largest absolute Gasteiger partial charge is 0.472 e. The summed E-state index contributed by atoms with van der Waals surface area (Å²) in [4.78, 5) is 18.6. The molecule has 1 atom stereocenters. The van der Waals surface area contributed by atoms with Crippen LogP contribution in [0.1, 0.15) is 44.9 Å². The van der Waals surface area contributed by atoms with Gasteiger partial charge in [-0.25, -0.2) is 9.78 Å². The Bertz CT molecular complexity index is 538. The molecule has 1 aliphatic heterocycles. The Kier molecular flexibility index (Phi) is 5.91. The molecule has 6 heteroatoms. The first-order chi connectivity index (χ1) is 11.7. The van der Waals surface area contributed by atoms with Crippen LogP contribution in [0.15, 0.2) is 18.3 Å². The van der Waals surface area contributed by atoms with Crippen molar-refractivity contribution in [1.29, 1.82) is 0 Å². The minimum absolute atomic E-state index is 0.0529. The molecule has 2 heterocycles. The Hall–Kier alpha value is -1.82. The number of nitrogens with one attached hydrogen (secondary N) is 1. The molecule has 132 valence electrons. The summed E-state index contributed by atoms with van der Waals surface area (Å²) in [5.41, 5.74) is 0.712. The summed E-state index contributed by atoms with van der Waals surface area (Å²) in [5, 5.41) is 2.96.